The van der Waals surface area contributed by atoms with Gasteiger partial charge in [0, 0.05) is 6.07 Å². The summed E-state index contributed by atoms with van der Waals surface area (Å²) in [5.41, 5.74) is -0.00305. The molecule has 26 heavy (non-hydrogen) atoms. The molecule has 1 aromatic heterocycles. The molecule has 0 aliphatic rings. The largest absolute Gasteiger partial charge is 0.394 e. The fourth-order valence-corrected chi connectivity index (χ4v) is 2.65. The van der Waals surface area contributed by atoms with Crippen molar-refractivity contribution in [2.45, 2.75) is 6.04 Å². The summed E-state index contributed by atoms with van der Waals surface area (Å²) in [4.78, 5) is 12.4. The second-order valence-corrected chi connectivity index (χ2v) is 5.85. The van der Waals surface area contributed by atoms with Crippen molar-refractivity contribution in [1.82, 2.24) is 9.78 Å². The number of aliphatic hydroxyl groups excluding tert-OH is 1. The van der Waals surface area contributed by atoms with E-state index in [1.54, 1.807) is 0 Å². The van der Waals surface area contributed by atoms with E-state index >= 15 is 0 Å². The highest BCUT2D eigenvalue weighted by molar-refractivity contribution is 6.33. The van der Waals surface area contributed by atoms with Crippen LogP contribution >= 0.6 is 11.6 Å². The van der Waals surface area contributed by atoms with E-state index in [1.165, 1.54) is 6.20 Å². The molecule has 0 radical (unpaired) electrons. The first-order chi connectivity index (χ1) is 12.5. The molecular formula is C18H14ClF2N3O2. The number of halogens is 3. The van der Waals surface area contributed by atoms with Crippen LogP contribution in [0.25, 0.3) is 5.69 Å². The summed E-state index contributed by atoms with van der Waals surface area (Å²) in [5.74, 6) is -1.70. The average Bonchev–Trinajstić information content (AvgIpc) is 2.64. The third-order valence-corrected chi connectivity index (χ3v) is 4.14. The Labute approximate surface area is 152 Å². The molecule has 0 aliphatic heterocycles. The van der Waals surface area contributed by atoms with Crippen LogP contribution in [-0.2, 0) is 0 Å². The van der Waals surface area contributed by atoms with Crippen LogP contribution in [0.3, 0.4) is 0 Å². The molecule has 134 valence electrons. The maximum absolute atomic E-state index is 13.9. The van der Waals surface area contributed by atoms with Gasteiger partial charge in [0.25, 0.3) is 5.56 Å². The van der Waals surface area contributed by atoms with E-state index in [4.69, 9.17) is 11.6 Å². The number of aromatic nitrogens is 2. The first-order valence-corrected chi connectivity index (χ1v) is 8.04. The molecule has 0 saturated carbocycles. The molecule has 0 saturated heterocycles. The molecule has 5 nitrogen and oxygen atoms in total. The summed E-state index contributed by atoms with van der Waals surface area (Å²) in [5, 5.41) is 16.2. The van der Waals surface area contributed by atoms with Crippen molar-refractivity contribution in [3.05, 3.63) is 87.3 Å². The van der Waals surface area contributed by atoms with Crippen LogP contribution in [0.15, 0.2) is 59.5 Å². The Hall–Kier alpha value is -2.77. The van der Waals surface area contributed by atoms with Crippen molar-refractivity contribution in [3.8, 4) is 5.69 Å². The molecule has 2 N–H and O–H groups in total. The predicted molar refractivity (Wildman–Crippen MR) is 94.7 cm³/mol. The van der Waals surface area contributed by atoms with Crippen molar-refractivity contribution in [2.24, 2.45) is 0 Å². The summed E-state index contributed by atoms with van der Waals surface area (Å²) < 4.78 is 27.7. The maximum Gasteiger partial charge on any atom is 0.292 e. The van der Waals surface area contributed by atoms with Gasteiger partial charge in [-0.25, -0.2) is 8.78 Å². The molecule has 0 spiro atoms. The summed E-state index contributed by atoms with van der Waals surface area (Å²) in [6, 6.07) is 11.4. The van der Waals surface area contributed by atoms with Gasteiger partial charge in [0.2, 0.25) is 0 Å². The van der Waals surface area contributed by atoms with E-state index in [9.17, 15) is 18.7 Å². The molecule has 3 rings (SSSR count). The standard InChI is InChI=1S/C18H14ClF2N3O2/c19-17-14(23-15(10-25)11-4-2-1-3-5-11)9-22-24(18(17)26)16-7-6-12(20)8-13(16)21/h1-9,15,23,25H,10H2. The molecule has 1 atom stereocenters. The highest BCUT2D eigenvalue weighted by Gasteiger charge is 2.17. The molecule has 8 heteroatoms. The highest BCUT2D eigenvalue weighted by Crippen LogP contribution is 2.23. The lowest BCUT2D eigenvalue weighted by molar-refractivity contribution is 0.276. The number of benzene rings is 2. The van der Waals surface area contributed by atoms with Crippen molar-refractivity contribution in [3.63, 3.8) is 0 Å². The lowest BCUT2D eigenvalue weighted by atomic mass is 10.1. The van der Waals surface area contributed by atoms with Gasteiger partial charge in [-0.05, 0) is 17.7 Å². The fraction of sp³-hybridized carbons (Fsp3) is 0.111. The third-order valence-electron chi connectivity index (χ3n) is 3.77. The summed E-state index contributed by atoms with van der Waals surface area (Å²) >= 11 is 6.11. The lowest BCUT2D eigenvalue weighted by Crippen LogP contribution is -2.25. The quantitative estimate of drug-likeness (QED) is 0.716. The van der Waals surface area contributed by atoms with Gasteiger partial charge in [0.05, 0.1) is 24.5 Å². The molecule has 1 unspecified atom stereocenters. The number of hydrogen-bond donors (Lipinski definition) is 2. The van der Waals surface area contributed by atoms with E-state index in [0.29, 0.717) is 6.07 Å². The number of nitrogens with one attached hydrogen (secondary N) is 1. The van der Waals surface area contributed by atoms with E-state index in [1.807, 2.05) is 30.3 Å². The Balaban J connectivity index is 1.96. The molecule has 1 heterocycles. The summed E-state index contributed by atoms with van der Waals surface area (Å²) in [6.07, 6.45) is 1.25. The van der Waals surface area contributed by atoms with Gasteiger partial charge in [-0.3, -0.25) is 4.79 Å². The molecule has 0 fully saturated rings. The van der Waals surface area contributed by atoms with Gasteiger partial charge in [-0.1, -0.05) is 41.9 Å². The SMILES string of the molecule is O=c1c(Cl)c(NC(CO)c2ccccc2)cnn1-c1ccc(F)cc1F. The minimum Gasteiger partial charge on any atom is -0.394 e. The number of rotatable bonds is 5. The minimum atomic E-state index is -0.936. The number of nitrogens with zero attached hydrogens (tertiary/aromatic N) is 2. The van der Waals surface area contributed by atoms with Crippen LogP contribution in [0.1, 0.15) is 11.6 Å². The maximum atomic E-state index is 13.9. The van der Waals surface area contributed by atoms with E-state index in [2.05, 4.69) is 10.4 Å². The van der Waals surface area contributed by atoms with Crippen molar-refractivity contribution in [2.75, 3.05) is 11.9 Å². The highest BCUT2D eigenvalue weighted by atomic mass is 35.5. The molecule has 0 bridgehead atoms. The zero-order valence-corrected chi connectivity index (χ0v) is 14.1. The number of aliphatic hydroxyl groups is 1. The van der Waals surface area contributed by atoms with Gasteiger partial charge in [0.1, 0.15) is 16.5 Å². The zero-order valence-electron chi connectivity index (χ0n) is 13.4. The van der Waals surface area contributed by atoms with Gasteiger partial charge >= 0.3 is 0 Å². The number of anilines is 1. The van der Waals surface area contributed by atoms with Crippen LogP contribution in [0.2, 0.25) is 5.02 Å². The normalized spacial score (nSPS) is 12.0. The van der Waals surface area contributed by atoms with Crippen molar-refractivity contribution < 1.29 is 13.9 Å². The van der Waals surface area contributed by atoms with Crippen LogP contribution in [0.4, 0.5) is 14.5 Å². The van der Waals surface area contributed by atoms with E-state index in [-0.39, 0.29) is 23.0 Å². The van der Waals surface area contributed by atoms with Gasteiger partial charge < -0.3 is 10.4 Å². The first kappa shape index (κ1) is 18.0. The zero-order chi connectivity index (χ0) is 18.7. The third kappa shape index (κ3) is 3.58. The Morgan fingerprint density at radius 3 is 2.58 bits per heavy atom. The fourth-order valence-electron chi connectivity index (χ4n) is 2.47. The summed E-state index contributed by atoms with van der Waals surface area (Å²) in [7, 11) is 0. The van der Waals surface area contributed by atoms with Crippen LogP contribution in [0.5, 0.6) is 0 Å². The second-order valence-electron chi connectivity index (χ2n) is 5.48. The smallest absolute Gasteiger partial charge is 0.292 e. The molecule has 3 aromatic rings. The Bertz CT molecular complexity index is 980. The topological polar surface area (TPSA) is 67.2 Å². The van der Waals surface area contributed by atoms with Crippen molar-refractivity contribution in [1.29, 1.82) is 0 Å². The second kappa shape index (κ2) is 7.63. The molecule has 0 amide bonds. The lowest BCUT2D eigenvalue weighted by Gasteiger charge is -2.19. The van der Waals surface area contributed by atoms with Crippen LogP contribution < -0.4 is 10.9 Å². The average molecular weight is 378 g/mol. The van der Waals surface area contributed by atoms with E-state index in [0.717, 1.165) is 22.4 Å². The van der Waals surface area contributed by atoms with E-state index < -0.39 is 23.2 Å². The molecule has 0 aliphatic carbocycles. The van der Waals surface area contributed by atoms with Gasteiger partial charge in [-0.2, -0.15) is 9.78 Å². The molecular weight excluding hydrogens is 364 g/mol. The van der Waals surface area contributed by atoms with Crippen LogP contribution in [-0.4, -0.2) is 21.5 Å². The monoisotopic (exact) mass is 377 g/mol. The van der Waals surface area contributed by atoms with Gasteiger partial charge in [0.15, 0.2) is 5.82 Å². The Kier molecular flexibility index (Phi) is 5.29. The predicted octanol–water partition coefficient (Wildman–Crippen LogP) is 3.31. The van der Waals surface area contributed by atoms with Crippen molar-refractivity contribution >= 4 is 17.3 Å². The number of hydrogen-bond acceptors (Lipinski definition) is 4. The first-order valence-electron chi connectivity index (χ1n) is 7.67. The van der Waals surface area contributed by atoms with Gasteiger partial charge in [-0.15, -0.1) is 0 Å². The van der Waals surface area contributed by atoms with Crippen LogP contribution in [0, 0.1) is 11.6 Å². The minimum absolute atomic E-state index is 0.193. The molecule has 2 aromatic carbocycles. The Morgan fingerprint density at radius 1 is 1.19 bits per heavy atom. The summed E-state index contributed by atoms with van der Waals surface area (Å²) in [6.45, 7) is -0.240. The Morgan fingerprint density at radius 2 is 1.92 bits per heavy atom.